The van der Waals surface area contributed by atoms with Gasteiger partial charge in [0.15, 0.2) is 11.5 Å². The van der Waals surface area contributed by atoms with Crippen molar-refractivity contribution in [2.24, 2.45) is 5.92 Å². The van der Waals surface area contributed by atoms with E-state index in [2.05, 4.69) is 42.3 Å². The first-order valence-corrected chi connectivity index (χ1v) is 11.2. The van der Waals surface area contributed by atoms with E-state index in [9.17, 15) is 0 Å². The minimum atomic E-state index is 0.367. The van der Waals surface area contributed by atoms with Gasteiger partial charge >= 0.3 is 0 Å². The molecular formula is C27H32N2O2. The van der Waals surface area contributed by atoms with Crippen LogP contribution in [-0.2, 0) is 0 Å². The molecule has 0 aromatic heterocycles. The number of ether oxygens (including phenoxy) is 2. The molecule has 3 aromatic rings. The number of hydrogen-bond acceptors (Lipinski definition) is 4. The second-order valence-corrected chi connectivity index (χ2v) is 8.47. The average Bonchev–Trinajstić information content (AvgIpc) is 2.80. The van der Waals surface area contributed by atoms with Gasteiger partial charge in [-0.15, -0.1) is 0 Å². The molecule has 162 valence electrons. The number of piperazine rings is 1. The molecule has 3 aromatic carbocycles. The van der Waals surface area contributed by atoms with Gasteiger partial charge in [-0.25, -0.2) is 0 Å². The minimum Gasteiger partial charge on any atom is -0.453 e. The third-order valence-electron chi connectivity index (χ3n) is 5.58. The van der Waals surface area contributed by atoms with Crippen LogP contribution in [0, 0.1) is 5.92 Å². The molecule has 1 aliphatic heterocycles. The largest absolute Gasteiger partial charge is 0.453 e. The van der Waals surface area contributed by atoms with Gasteiger partial charge in [-0.1, -0.05) is 56.3 Å². The molecule has 31 heavy (non-hydrogen) atoms. The molecule has 0 bridgehead atoms. The minimum absolute atomic E-state index is 0.367. The van der Waals surface area contributed by atoms with Crippen LogP contribution in [0.5, 0.6) is 23.0 Å². The van der Waals surface area contributed by atoms with Crippen LogP contribution in [0.4, 0.5) is 0 Å². The lowest BCUT2D eigenvalue weighted by Gasteiger charge is -2.36. The van der Waals surface area contributed by atoms with Crippen LogP contribution in [0.25, 0.3) is 0 Å². The lowest BCUT2D eigenvalue weighted by Crippen LogP contribution is -2.45. The monoisotopic (exact) mass is 416 g/mol. The molecule has 1 saturated heterocycles. The van der Waals surface area contributed by atoms with E-state index in [-0.39, 0.29) is 0 Å². The van der Waals surface area contributed by atoms with Crippen LogP contribution in [0.3, 0.4) is 0 Å². The summed E-state index contributed by atoms with van der Waals surface area (Å²) >= 11 is 0. The summed E-state index contributed by atoms with van der Waals surface area (Å²) in [5, 5.41) is 3.47. The van der Waals surface area contributed by atoms with Crippen molar-refractivity contribution >= 4 is 0 Å². The van der Waals surface area contributed by atoms with Gasteiger partial charge in [0, 0.05) is 32.2 Å². The normalized spacial score (nSPS) is 15.6. The van der Waals surface area contributed by atoms with Crippen molar-refractivity contribution in [3.05, 3.63) is 84.4 Å². The molecule has 0 aliphatic carbocycles. The van der Waals surface area contributed by atoms with Crippen molar-refractivity contribution in [2.45, 2.75) is 26.3 Å². The summed E-state index contributed by atoms with van der Waals surface area (Å²) < 4.78 is 12.5. The molecule has 4 heteroatoms. The number of nitrogens with one attached hydrogen (secondary N) is 1. The maximum Gasteiger partial charge on any atom is 0.170 e. The number of rotatable bonds is 8. The molecule has 0 spiro atoms. The van der Waals surface area contributed by atoms with Crippen molar-refractivity contribution in [3.63, 3.8) is 0 Å². The quantitative estimate of drug-likeness (QED) is 0.470. The van der Waals surface area contributed by atoms with Crippen molar-refractivity contribution < 1.29 is 9.47 Å². The van der Waals surface area contributed by atoms with E-state index in [0.29, 0.717) is 12.0 Å². The molecule has 0 amide bonds. The number of benzene rings is 3. The summed E-state index contributed by atoms with van der Waals surface area (Å²) in [4.78, 5) is 2.59. The Bertz CT molecular complexity index is 938. The SMILES string of the molecule is CC(C)C[C@H](c1ccc(Oc2ccccc2)c(Oc2ccccc2)c1)N1CCNCC1. The average molecular weight is 417 g/mol. The predicted molar refractivity (Wildman–Crippen MR) is 126 cm³/mol. The Hall–Kier alpha value is -2.82. The predicted octanol–water partition coefficient (Wildman–Crippen LogP) is 6.26. The lowest BCUT2D eigenvalue weighted by atomic mass is 9.94. The Morgan fingerprint density at radius 1 is 0.774 bits per heavy atom. The van der Waals surface area contributed by atoms with Gasteiger partial charge in [-0.05, 0) is 54.3 Å². The summed E-state index contributed by atoms with van der Waals surface area (Å²) in [6.45, 7) is 8.80. The highest BCUT2D eigenvalue weighted by Crippen LogP contribution is 2.39. The Morgan fingerprint density at radius 3 is 1.94 bits per heavy atom. The molecule has 0 saturated carbocycles. The Labute approximate surface area is 185 Å². The summed E-state index contributed by atoms with van der Waals surface area (Å²) in [6.07, 6.45) is 1.11. The molecule has 0 unspecified atom stereocenters. The second-order valence-electron chi connectivity index (χ2n) is 8.47. The van der Waals surface area contributed by atoms with E-state index in [1.807, 2.05) is 60.7 Å². The first kappa shape index (κ1) is 21.4. The fourth-order valence-corrected chi connectivity index (χ4v) is 4.06. The van der Waals surface area contributed by atoms with Gasteiger partial charge in [-0.2, -0.15) is 0 Å². The number of para-hydroxylation sites is 2. The van der Waals surface area contributed by atoms with E-state index in [1.54, 1.807) is 0 Å². The molecule has 1 heterocycles. The maximum atomic E-state index is 6.31. The van der Waals surface area contributed by atoms with Crippen LogP contribution in [-0.4, -0.2) is 31.1 Å². The Balaban J connectivity index is 1.68. The Kier molecular flexibility index (Phi) is 7.23. The number of hydrogen-bond donors (Lipinski definition) is 1. The van der Waals surface area contributed by atoms with E-state index >= 15 is 0 Å². The standard InChI is InChI=1S/C27H32N2O2/c1-21(2)19-25(29-17-15-28-16-18-29)22-13-14-26(30-23-9-5-3-6-10-23)27(20-22)31-24-11-7-4-8-12-24/h3-14,20-21,25,28H,15-19H2,1-2H3/t25-/m1/s1. The molecule has 1 fully saturated rings. The molecule has 1 N–H and O–H groups in total. The topological polar surface area (TPSA) is 33.7 Å². The lowest BCUT2D eigenvalue weighted by molar-refractivity contribution is 0.154. The second kappa shape index (κ2) is 10.5. The molecule has 1 atom stereocenters. The van der Waals surface area contributed by atoms with E-state index < -0.39 is 0 Å². The zero-order chi connectivity index (χ0) is 21.5. The van der Waals surface area contributed by atoms with Gasteiger partial charge < -0.3 is 14.8 Å². The smallest absolute Gasteiger partial charge is 0.170 e. The third kappa shape index (κ3) is 5.87. The van der Waals surface area contributed by atoms with Crippen LogP contribution < -0.4 is 14.8 Å². The summed E-state index contributed by atoms with van der Waals surface area (Å²) in [6, 6.07) is 26.6. The van der Waals surface area contributed by atoms with Gasteiger partial charge in [0.2, 0.25) is 0 Å². The van der Waals surface area contributed by atoms with Crippen molar-refractivity contribution in [2.75, 3.05) is 26.2 Å². The first-order valence-electron chi connectivity index (χ1n) is 11.2. The highest BCUT2D eigenvalue weighted by atomic mass is 16.5. The molecular weight excluding hydrogens is 384 g/mol. The summed E-state index contributed by atoms with van der Waals surface area (Å²) in [7, 11) is 0. The highest BCUT2D eigenvalue weighted by molar-refractivity contribution is 5.48. The van der Waals surface area contributed by atoms with Gasteiger partial charge in [-0.3, -0.25) is 4.90 Å². The molecule has 4 nitrogen and oxygen atoms in total. The fourth-order valence-electron chi connectivity index (χ4n) is 4.06. The third-order valence-corrected chi connectivity index (χ3v) is 5.58. The maximum absolute atomic E-state index is 6.31. The van der Waals surface area contributed by atoms with Gasteiger partial charge in [0.25, 0.3) is 0 Å². The highest BCUT2D eigenvalue weighted by Gasteiger charge is 2.24. The van der Waals surface area contributed by atoms with Crippen molar-refractivity contribution in [1.82, 2.24) is 10.2 Å². The summed E-state index contributed by atoms with van der Waals surface area (Å²) in [5.74, 6) is 3.69. The van der Waals surface area contributed by atoms with Gasteiger partial charge in [0.1, 0.15) is 11.5 Å². The number of nitrogens with zero attached hydrogens (tertiary/aromatic N) is 1. The zero-order valence-electron chi connectivity index (χ0n) is 18.5. The van der Waals surface area contributed by atoms with Crippen molar-refractivity contribution in [3.8, 4) is 23.0 Å². The van der Waals surface area contributed by atoms with Crippen LogP contribution in [0.2, 0.25) is 0 Å². The molecule has 1 aliphatic rings. The van der Waals surface area contributed by atoms with E-state index in [0.717, 1.165) is 55.6 Å². The molecule has 4 rings (SSSR count). The molecule has 0 radical (unpaired) electrons. The first-order chi connectivity index (χ1) is 15.2. The van der Waals surface area contributed by atoms with Crippen LogP contribution in [0.15, 0.2) is 78.9 Å². The zero-order valence-corrected chi connectivity index (χ0v) is 18.5. The summed E-state index contributed by atoms with van der Waals surface area (Å²) in [5.41, 5.74) is 1.28. The van der Waals surface area contributed by atoms with Crippen molar-refractivity contribution in [1.29, 1.82) is 0 Å². The fraction of sp³-hybridized carbons (Fsp3) is 0.333. The van der Waals surface area contributed by atoms with E-state index in [4.69, 9.17) is 9.47 Å². The van der Waals surface area contributed by atoms with E-state index in [1.165, 1.54) is 5.56 Å². The van der Waals surface area contributed by atoms with Gasteiger partial charge in [0.05, 0.1) is 0 Å². The van der Waals surface area contributed by atoms with Crippen LogP contribution in [0.1, 0.15) is 31.9 Å². The van der Waals surface area contributed by atoms with Crippen LogP contribution >= 0.6 is 0 Å². The Morgan fingerprint density at radius 2 is 1.35 bits per heavy atom.